The van der Waals surface area contributed by atoms with Gasteiger partial charge in [0.25, 0.3) is 0 Å². The largest absolute Gasteiger partial charge is 0.469 e. The van der Waals surface area contributed by atoms with Gasteiger partial charge in [0.2, 0.25) is 5.91 Å². The van der Waals surface area contributed by atoms with Gasteiger partial charge in [-0.1, -0.05) is 26.7 Å². The molecule has 1 fully saturated rings. The summed E-state index contributed by atoms with van der Waals surface area (Å²) in [5.74, 6) is 6.06. The Balaban J connectivity index is 2.47. The normalized spacial score (nSPS) is 18.1. The second kappa shape index (κ2) is 9.40. The molecule has 1 rings (SSSR count). The van der Waals surface area contributed by atoms with Crippen LogP contribution in [0, 0.1) is 11.8 Å². The van der Waals surface area contributed by atoms with Crippen molar-refractivity contribution in [3.05, 3.63) is 0 Å². The Labute approximate surface area is 153 Å². The van der Waals surface area contributed by atoms with Crippen molar-refractivity contribution in [3.8, 4) is 11.8 Å². The molecule has 0 aromatic heterocycles. The third kappa shape index (κ3) is 6.83. The molecule has 25 heavy (non-hydrogen) atoms. The van der Waals surface area contributed by atoms with Crippen LogP contribution in [-0.2, 0) is 18.8 Å². The Kier molecular flexibility index (Phi) is 8.16. The maximum atomic E-state index is 12.1. The van der Waals surface area contributed by atoms with Crippen LogP contribution in [-0.4, -0.2) is 51.4 Å². The molecule has 0 unspecified atom stereocenters. The quantitative estimate of drug-likeness (QED) is 0.300. The van der Waals surface area contributed by atoms with E-state index < -0.39 is 8.32 Å². The van der Waals surface area contributed by atoms with Crippen LogP contribution in [0.15, 0.2) is 0 Å². The minimum Gasteiger partial charge on any atom is -0.469 e. The van der Waals surface area contributed by atoms with Crippen molar-refractivity contribution in [3.63, 3.8) is 0 Å². The summed E-state index contributed by atoms with van der Waals surface area (Å²) in [7, 11) is -0.417. The van der Waals surface area contributed by atoms with Crippen LogP contribution in [0.25, 0.3) is 0 Å². The van der Waals surface area contributed by atoms with E-state index in [1.165, 1.54) is 7.11 Å². The Bertz CT molecular complexity index is 528. The number of likely N-dealkylation sites (tertiary alicyclic amines) is 1. The van der Waals surface area contributed by atoms with E-state index in [0.29, 0.717) is 38.8 Å². The first-order valence-electron chi connectivity index (χ1n) is 9.04. The topological polar surface area (TPSA) is 55.8 Å². The molecule has 0 spiro atoms. The molecule has 0 saturated carbocycles. The smallest absolute Gasteiger partial charge is 0.305 e. The van der Waals surface area contributed by atoms with Crippen LogP contribution >= 0.6 is 0 Å². The summed E-state index contributed by atoms with van der Waals surface area (Å²) in [6.07, 6.45) is 3.14. The highest BCUT2D eigenvalue weighted by Gasteiger charge is 2.39. The van der Waals surface area contributed by atoms with E-state index in [2.05, 4.69) is 50.4 Å². The Hall–Kier alpha value is -1.32. The van der Waals surface area contributed by atoms with Crippen LogP contribution in [0.5, 0.6) is 0 Å². The van der Waals surface area contributed by atoms with E-state index in [1.54, 1.807) is 0 Å². The van der Waals surface area contributed by atoms with Gasteiger partial charge < -0.3 is 14.1 Å². The molecule has 5 nitrogen and oxygen atoms in total. The highest BCUT2D eigenvalue weighted by Crippen LogP contribution is 2.37. The summed E-state index contributed by atoms with van der Waals surface area (Å²) in [6, 6.07) is 0.131. The summed E-state index contributed by atoms with van der Waals surface area (Å²) >= 11 is 0. The molecule has 0 aromatic rings. The first kappa shape index (κ1) is 21.7. The van der Waals surface area contributed by atoms with Gasteiger partial charge in [-0.25, -0.2) is 0 Å². The summed E-state index contributed by atoms with van der Waals surface area (Å²) in [5.41, 5.74) is 0. The summed E-state index contributed by atoms with van der Waals surface area (Å²) in [4.78, 5) is 25.0. The lowest BCUT2D eigenvalue weighted by atomic mass is 10.2. The number of rotatable bonds is 7. The van der Waals surface area contributed by atoms with Crippen LogP contribution in [0.3, 0.4) is 0 Å². The van der Waals surface area contributed by atoms with Gasteiger partial charge in [-0.2, -0.15) is 0 Å². The lowest BCUT2D eigenvalue weighted by Crippen LogP contribution is -2.45. The lowest BCUT2D eigenvalue weighted by molar-refractivity contribution is -0.140. The molecular formula is C19H33NO4Si. The van der Waals surface area contributed by atoms with Crippen LogP contribution in [0.2, 0.25) is 18.1 Å². The van der Waals surface area contributed by atoms with Gasteiger partial charge in [-0.05, 0) is 31.0 Å². The number of esters is 1. The number of hydrogen-bond acceptors (Lipinski definition) is 4. The van der Waals surface area contributed by atoms with Gasteiger partial charge >= 0.3 is 5.97 Å². The third-order valence-corrected chi connectivity index (χ3v) is 9.68. The van der Waals surface area contributed by atoms with Gasteiger partial charge in [-0.3, -0.25) is 9.59 Å². The predicted molar refractivity (Wildman–Crippen MR) is 102 cm³/mol. The van der Waals surface area contributed by atoms with Crippen molar-refractivity contribution in [2.24, 2.45) is 0 Å². The van der Waals surface area contributed by atoms with E-state index in [-0.39, 0.29) is 23.0 Å². The number of carbonyl (C=O) groups is 2. The number of carbonyl (C=O) groups excluding carboxylic acids is 2. The minimum absolute atomic E-state index is 0.131. The zero-order valence-electron chi connectivity index (χ0n) is 16.6. The maximum Gasteiger partial charge on any atom is 0.305 e. The molecule has 6 heteroatoms. The molecule has 1 aliphatic heterocycles. The van der Waals surface area contributed by atoms with Crippen molar-refractivity contribution in [1.29, 1.82) is 0 Å². The standard InChI is InChI=1S/C19H33NO4Si/c1-19(2,3)25(5,6)24-15-16-12-13-17(21)20(16)14-10-8-7-9-11-18(22)23-4/h16H,7,9,11-15H2,1-6H3/t16-/m1/s1. The molecule has 0 bridgehead atoms. The molecule has 1 atom stereocenters. The Morgan fingerprint density at radius 1 is 1.32 bits per heavy atom. The third-order valence-electron chi connectivity index (χ3n) is 5.18. The first-order valence-corrected chi connectivity index (χ1v) is 12.0. The van der Waals surface area contributed by atoms with Gasteiger partial charge in [0.05, 0.1) is 26.3 Å². The Morgan fingerprint density at radius 3 is 2.60 bits per heavy atom. The molecule has 1 amide bonds. The Morgan fingerprint density at radius 2 is 2.00 bits per heavy atom. The molecule has 142 valence electrons. The average molecular weight is 368 g/mol. The summed E-state index contributed by atoms with van der Waals surface area (Å²) < 4.78 is 10.9. The van der Waals surface area contributed by atoms with E-state index in [0.717, 1.165) is 6.42 Å². The van der Waals surface area contributed by atoms with Crippen molar-refractivity contribution >= 4 is 20.2 Å². The van der Waals surface area contributed by atoms with Crippen molar-refractivity contribution < 1.29 is 18.8 Å². The molecule has 0 aromatic carbocycles. The van der Waals surface area contributed by atoms with Crippen LogP contribution < -0.4 is 0 Å². The van der Waals surface area contributed by atoms with E-state index in [4.69, 9.17) is 4.43 Å². The highest BCUT2D eigenvalue weighted by molar-refractivity contribution is 6.74. The van der Waals surface area contributed by atoms with Gasteiger partial charge in [-0.15, -0.1) is 5.92 Å². The molecule has 1 heterocycles. The fourth-order valence-corrected chi connectivity index (χ4v) is 3.40. The van der Waals surface area contributed by atoms with Gasteiger partial charge in [0.1, 0.15) is 0 Å². The van der Waals surface area contributed by atoms with Crippen LogP contribution in [0.1, 0.15) is 52.9 Å². The van der Waals surface area contributed by atoms with E-state index >= 15 is 0 Å². The summed E-state index contributed by atoms with van der Waals surface area (Å²) in [5, 5.41) is 0.167. The fourth-order valence-electron chi connectivity index (χ4n) is 2.36. The maximum absolute atomic E-state index is 12.1. The fraction of sp³-hybridized carbons (Fsp3) is 0.789. The second-order valence-corrected chi connectivity index (χ2v) is 12.9. The summed E-state index contributed by atoms with van der Waals surface area (Å²) in [6.45, 7) is 12.2. The van der Waals surface area contributed by atoms with Gasteiger partial charge in [0.15, 0.2) is 8.32 Å². The van der Waals surface area contributed by atoms with E-state index in [1.807, 2.05) is 4.90 Å². The second-order valence-electron chi connectivity index (χ2n) is 8.07. The first-order chi connectivity index (χ1) is 11.6. The van der Waals surface area contributed by atoms with Crippen LogP contribution in [0.4, 0.5) is 0 Å². The monoisotopic (exact) mass is 367 g/mol. The molecule has 1 aliphatic rings. The number of amides is 1. The zero-order chi connectivity index (χ0) is 19.1. The molecule has 0 radical (unpaired) electrons. The molecule has 0 N–H and O–H groups in total. The molecule has 0 aliphatic carbocycles. The predicted octanol–water partition coefficient (Wildman–Crippen LogP) is 3.35. The van der Waals surface area contributed by atoms with Crippen molar-refractivity contribution in [1.82, 2.24) is 4.90 Å². The number of hydrogen-bond donors (Lipinski definition) is 0. The number of methoxy groups -OCH3 is 1. The lowest BCUT2D eigenvalue weighted by Gasteiger charge is -2.37. The van der Waals surface area contributed by atoms with Gasteiger partial charge in [0, 0.05) is 19.3 Å². The number of unbranched alkanes of at least 4 members (excludes halogenated alkanes) is 1. The number of nitrogens with zero attached hydrogens (tertiary/aromatic N) is 1. The zero-order valence-corrected chi connectivity index (χ0v) is 17.6. The van der Waals surface area contributed by atoms with E-state index in [9.17, 15) is 9.59 Å². The average Bonchev–Trinajstić information content (AvgIpc) is 2.87. The highest BCUT2D eigenvalue weighted by atomic mass is 28.4. The number of ether oxygens (including phenoxy) is 1. The SMILES string of the molecule is COC(=O)CCCC#CCN1C(=O)CC[C@@H]1CO[Si](C)(C)C(C)(C)C. The molecular weight excluding hydrogens is 334 g/mol. The van der Waals surface area contributed by atoms with Crippen molar-refractivity contribution in [2.45, 2.75) is 77.0 Å². The van der Waals surface area contributed by atoms with Crippen molar-refractivity contribution in [2.75, 3.05) is 20.3 Å². The minimum atomic E-state index is -1.81. The molecule has 1 saturated heterocycles.